The van der Waals surface area contributed by atoms with E-state index >= 15 is 0 Å². The van der Waals surface area contributed by atoms with E-state index in [0.717, 1.165) is 10.1 Å². The monoisotopic (exact) mass is 297 g/mol. The van der Waals surface area contributed by atoms with E-state index in [1.807, 2.05) is 19.1 Å². The minimum absolute atomic E-state index is 0.345. The second-order valence-electron chi connectivity index (χ2n) is 5.06. The van der Waals surface area contributed by atoms with Gasteiger partial charge in [-0.15, -0.1) is 0 Å². The van der Waals surface area contributed by atoms with Gasteiger partial charge in [-0.25, -0.2) is 14.8 Å². The fraction of sp³-hybridized carbons (Fsp3) is 0.200. The average Bonchev–Trinajstić information content (AvgIpc) is 2.53. The SMILES string of the molecule is Cc1cnc2c(c1Nc1ccccn1)c(=O)n(C)c(=O)n2C. The van der Waals surface area contributed by atoms with Gasteiger partial charge in [-0.2, -0.15) is 0 Å². The Balaban J connectivity index is 2.37. The number of hydrogen-bond donors (Lipinski definition) is 1. The van der Waals surface area contributed by atoms with Crippen molar-refractivity contribution in [1.29, 1.82) is 0 Å². The van der Waals surface area contributed by atoms with Gasteiger partial charge in [0.1, 0.15) is 11.2 Å². The quantitative estimate of drug-likeness (QED) is 0.765. The third-order valence-corrected chi connectivity index (χ3v) is 3.58. The van der Waals surface area contributed by atoms with Crippen LogP contribution >= 0.6 is 0 Å². The molecule has 3 rings (SSSR count). The molecule has 3 aromatic rings. The van der Waals surface area contributed by atoms with E-state index in [1.165, 1.54) is 11.6 Å². The van der Waals surface area contributed by atoms with Crippen LogP contribution in [0.5, 0.6) is 0 Å². The first-order valence-corrected chi connectivity index (χ1v) is 6.74. The Hall–Kier alpha value is -2.96. The van der Waals surface area contributed by atoms with E-state index in [4.69, 9.17) is 0 Å². The third kappa shape index (κ3) is 2.07. The number of anilines is 2. The molecule has 0 fully saturated rings. The summed E-state index contributed by atoms with van der Waals surface area (Å²) in [5.41, 5.74) is 0.969. The standard InChI is InChI=1S/C15H15N5O2/c1-9-8-17-13-11(14(21)20(3)15(22)19(13)2)12(9)18-10-6-4-5-7-16-10/h4-8H,1-3H3,(H,16,17,18). The van der Waals surface area contributed by atoms with Crippen molar-refractivity contribution >= 4 is 22.5 Å². The van der Waals surface area contributed by atoms with Crippen LogP contribution in [0.25, 0.3) is 11.0 Å². The first-order chi connectivity index (χ1) is 10.5. The normalized spacial score (nSPS) is 10.9. The second-order valence-corrected chi connectivity index (χ2v) is 5.06. The molecule has 7 heteroatoms. The van der Waals surface area contributed by atoms with Crippen molar-refractivity contribution in [3.8, 4) is 0 Å². The summed E-state index contributed by atoms with van der Waals surface area (Å²) in [4.78, 5) is 33.0. The van der Waals surface area contributed by atoms with Crippen LogP contribution in [0.2, 0.25) is 0 Å². The molecule has 0 aliphatic carbocycles. The van der Waals surface area contributed by atoms with Crippen molar-refractivity contribution < 1.29 is 0 Å². The van der Waals surface area contributed by atoms with Gasteiger partial charge in [0, 0.05) is 26.5 Å². The number of hydrogen-bond acceptors (Lipinski definition) is 5. The molecule has 0 radical (unpaired) electrons. The Morgan fingerprint density at radius 3 is 2.55 bits per heavy atom. The van der Waals surface area contributed by atoms with Crippen molar-refractivity contribution in [3.05, 3.63) is 57.0 Å². The minimum Gasteiger partial charge on any atom is -0.339 e. The maximum absolute atomic E-state index is 12.5. The Bertz CT molecular complexity index is 973. The first-order valence-electron chi connectivity index (χ1n) is 6.74. The maximum atomic E-state index is 12.5. The molecular weight excluding hydrogens is 282 g/mol. The predicted molar refractivity (Wildman–Crippen MR) is 84.5 cm³/mol. The fourth-order valence-electron chi connectivity index (χ4n) is 2.35. The Kier molecular flexibility index (Phi) is 3.25. The topological polar surface area (TPSA) is 81.8 Å². The largest absolute Gasteiger partial charge is 0.339 e. The number of nitrogens with zero attached hydrogens (tertiary/aromatic N) is 4. The summed E-state index contributed by atoms with van der Waals surface area (Å²) in [6.45, 7) is 1.85. The molecule has 0 saturated carbocycles. The molecule has 0 unspecified atom stereocenters. The van der Waals surface area contributed by atoms with Crippen molar-refractivity contribution in [1.82, 2.24) is 19.1 Å². The van der Waals surface area contributed by atoms with Gasteiger partial charge in [-0.3, -0.25) is 13.9 Å². The molecule has 0 saturated heterocycles. The van der Waals surface area contributed by atoms with Gasteiger partial charge in [-0.1, -0.05) is 6.07 Å². The lowest BCUT2D eigenvalue weighted by Crippen LogP contribution is -2.37. The summed E-state index contributed by atoms with van der Waals surface area (Å²) < 4.78 is 2.44. The molecule has 22 heavy (non-hydrogen) atoms. The van der Waals surface area contributed by atoms with Crippen LogP contribution < -0.4 is 16.6 Å². The van der Waals surface area contributed by atoms with E-state index in [0.29, 0.717) is 22.5 Å². The molecular formula is C15H15N5O2. The van der Waals surface area contributed by atoms with Crippen molar-refractivity contribution in [2.24, 2.45) is 14.1 Å². The van der Waals surface area contributed by atoms with Crippen molar-refractivity contribution in [2.75, 3.05) is 5.32 Å². The predicted octanol–water partition coefficient (Wildman–Crippen LogP) is 1.08. The van der Waals surface area contributed by atoms with E-state index < -0.39 is 5.69 Å². The zero-order chi connectivity index (χ0) is 15.9. The molecule has 0 spiro atoms. The number of pyridine rings is 2. The molecule has 3 heterocycles. The van der Waals surface area contributed by atoms with Crippen LogP contribution in [0, 0.1) is 6.92 Å². The van der Waals surface area contributed by atoms with E-state index in [9.17, 15) is 9.59 Å². The summed E-state index contributed by atoms with van der Waals surface area (Å²) in [5, 5.41) is 3.52. The van der Waals surface area contributed by atoms with Gasteiger partial charge in [-0.05, 0) is 24.6 Å². The Labute approximate surface area is 125 Å². The van der Waals surface area contributed by atoms with Gasteiger partial charge in [0.05, 0.1) is 5.69 Å². The average molecular weight is 297 g/mol. The lowest BCUT2D eigenvalue weighted by atomic mass is 10.2. The second kappa shape index (κ2) is 5.10. The highest BCUT2D eigenvalue weighted by Gasteiger charge is 2.15. The molecule has 0 atom stereocenters. The fourth-order valence-corrected chi connectivity index (χ4v) is 2.35. The molecule has 0 amide bonds. The Morgan fingerprint density at radius 2 is 1.86 bits per heavy atom. The zero-order valence-electron chi connectivity index (χ0n) is 12.5. The van der Waals surface area contributed by atoms with Crippen molar-refractivity contribution in [2.45, 2.75) is 6.92 Å². The summed E-state index contributed by atoms with van der Waals surface area (Å²) in [5.74, 6) is 0.619. The van der Waals surface area contributed by atoms with E-state index in [1.54, 1.807) is 25.5 Å². The molecule has 7 nitrogen and oxygen atoms in total. The number of aryl methyl sites for hydroxylation is 2. The molecule has 0 aromatic carbocycles. The first kappa shape index (κ1) is 14.0. The third-order valence-electron chi connectivity index (χ3n) is 3.58. The van der Waals surface area contributed by atoms with Gasteiger partial charge in [0.25, 0.3) is 5.56 Å². The number of nitrogens with one attached hydrogen (secondary N) is 1. The summed E-state index contributed by atoms with van der Waals surface area (Å²) in [6, 6.07) is 5.46. The molecule has 3 aromatic heterocycles. The zero-order valence-corrected chi connectivity index (χ0v) is 12.5. The molecule has 112 valence electrons. The summed E-state index contributed by atoms with van der Waals surface area (Å²) >= 11 is 0. The number of rotatable bonds is 2. The molecule has 1 N–H and O–H groups in total. The molecule has 0 bridgehead atoms. The molecule has 0 aliphatic rings. The van der Waals surface area contributed by atoms with Crippen molar-refractivity contribution in [3.63, 3.8) is 0 Å². The highest BCUT2D eigenvalue weighted by atomic mass is 16.2. The summed E-state index contributed by atoms with van der Waals surface area (Å²) in [6.07, 6.45) is 3.29. The van der Waals surface area contributed by atoms with E-state index in [2.05, 4.69) is 15.3 Å². The van der Waals surface area contributed by atoms with Crippen LogP contribution in [-0.2, 0) is 14.1 Å². The van der Waals surface area contributed by atoms with Crippen LogP contribution in [0.4, 0.5) is 11.5 Å². The van der Waals surface area contributed by atoms with Crippen LogP contribution in [-0.4, -0.2) is 19.1 Å². The number of aromatic nitrogens is 4. The Morgan fingerprint density at radius 1 is 1.09 bits per heavy atom. The van der Waals surface area contributed by atoms with Gasteiger partial charge in [0.2, 0.25) is 0 Å². The maximum Gasteiger partial charge on any atom is 0.332 e. The van der Waals surface area contributed by atoms with Crippen LogP contribution in [0.3, 0.4) is 0 Å². The lowest BCUT2D eigenvalue weighted by molar-refractivity contribution is 0.707. The lowest BCUT2D eigenvalue weighted by Gasteiger charge is -2.13. The van der Waals surface area contributed by atoms with Crippen LogP contribution in [0.15, 0.2) is 40.2 Å². The van der Waals surface area contributed by atoms with Crippen LogP contribution in [0.1, 0.15) is 5.56 Å². The number of fused-ring (bicyclic) bond motifs is 1. The highest BCUT2D eigenvalue weighted by Crippen LogP contribution is 2.24. The highest BCUT2D eigenvalue weighted by molar-refractivity contribution is 5.91. The van der Waals surface area contributed by atoms with E-state index in [-0.39, 0.29) is 5.56 Å². The van der Waals surface area contributed by atoms with Gasteiger partial charge >= 0.3 is 5.69 Å². The minimum atomic E-state index is -0.405. The van der Waals surface area contributed by atoms with Gasteiger partial charge in [0.15, 0.2) is 5.65 Å². The van der Waals surface area contributed by atoms with Gasteiger partial charge < -0.3 is 5.32 Å². The smallest absolute Gasteiger partial charge is 0.332 e. The summed E-state index contributed by atoms with van der Waals surface area (Å²) in [7, 11) is 3.05. The molecule has 0 aliphatic heterocycles.